The monoisotopic (exact) mass is 476 g/mol. The number of piperidine rings is 1. The highest BCUT2D eigenvalue weighted by atomic mass is 16.2. The number of amides is 2. The molecule has 35 heavy (non-hydrogen) atoms. The number of nitrogens with zero attached hydrogens (tertiary/aromatic N) is 3. The number of aryl methyl sites for hydroxylation is 2. The highest BCUT2D eigenvalue weighted by molar-refractivity contribution is 5.94. The first-order chi connectivity index (χ1) is 16.9. The number of anilines is 1. The molecule has 0 spiro atoms. The molecule has 0 radical (unpaired) electrons. The summed E-state index contributed by atoms with van der Waals surface area (Å²) in [5.74, 6) is 0.603. The number of carbonyl (C=O) groups excluding carboxylic acids is 2. The van der Waals surface area contributed by atoms with E-state index in [0.717, 1.165) is 69.8 Å². The van der Waals surface area contributed by atoms with E-state index in [1.54, 1.807) is 0 Å². The summed E-state index contributed by atoms with van der Waals surface area (Å²) in [7, 11) is 0. The van der Waals surface area contributed by atoms with Crippen LogP contribution in [0.2, 0.25) is 0 Å². The van der Waals surface area contributed by atoms with Gasteiger partial charge in [0.2, 0.25) is 5.91 Å². The van der Waals surface area contributed by atoms with Crippen LogP contribution in [-0.4, -0.2) is 74.0 Å². The van der Waals surface area contributed by atoms with E-state index in [0.29, 0.717) is 18.9 Å². The molecule has 0 saturated carbocycles. The number of benzene rings is 2. The molecular formula is C29H40N4O2. The second kappa shape index (κ2) is 11.7. The van der Waals surface area contributed by atoms with Crippen molar-refractivity contribution in [1.82, 2.24) is 15.1 Å². The molecule has 0 aromatic heterocycles. The minimum absolute atomic E-state index is 0.102. The van der Waals surface area contributed by atoms with Crippen molar-refractivity contribution in [3.05, 3.63) is 64.7 Å². The number of carbonyl (C=O) groups is 2. The molecule has 188 valence electrons. The number of rotatable bonds is 7. The molecule has 4 rings (SSSR count). The quantitative estimate of drug-likeness (QED) is 0.661. The van der Waals surface area contributed by atoms with Gasteiger partial charge >= 0.3 is 0 Å². The van der Waals surface area contributed by atoms with Crippen LogP contribution in [-0.2, 0) is 4.79 Å². The van der Waals surface area contributed by atoms with Crippen LogP contribution >= 0.6 is 0 Å². The molecule has 6 nitrogen and oxygen atoms in total. The van der Waals surface area contributed by atoms with Crippen LogP contribution in [0.25, 0.3) is 0 Å². The topological polar surface area (TPSA) is 55.9 Å². The summed E-state index contributed by atoms with van der Waals surface area (Å²) in [6.07, 6.45) is 2.35. The highest BCUT2D eigenvalue weighted by Crippen LogP contribution is 2.24. The molecule has 2 aromatic rings. The fourth-order valence-corrected chi connectivity index (χ4v) is 5.20. The van der Waals surface area contributed by atoms with Crippen LogP contribution in [0.4, 0.5) is 5.69 Å². The van der Waals surface area contributed by atoms with Gasteiger partial charge in [-0.15, -0.1) is 0 Å². The first kappa shape index (κ1) is 25.2. The number of nitrogens with one attached hydrogen (secondary N) is 1. The smallest absolute Gasteiger partial charge is 0.253 e. The minimum atomic E-state index is 0.102. The second-order valence-electron chi connectivity index (χ2n) is 10.2. The van der Waals surface area contributed by atoms with Crippen molar-refractivity contribution in [2.45, 2.75) is 40.0 Å². The third kappa shape index (κ3) is 6.63. The van der Waals surface area contributed by atoms with Crippen molar-refractivity contribution < 1.29 is 9.59 Å². The Hall–Kier alpha value is -2.86. The molecule has 2 aromatic carbocycles. The molecule has 0 bridgehead atoms. The van der Waals surface area contributed by atoms with E-state index in [9.17, 15) is 9.59 Å². The lowest BCUT2D eigenvalue weighted by atomic mass is 9.93. The zero-order valence-electron chi connectivity index (χ0n) is 21.6. The van der Waals surface area contributed by atoms with E-state index in [2.05, 4.69) is 47.2 Å². The van der Waals surface area contributed by atoms with Gasteiger partial charge in [-0.05, 0) is 68.9 Å². The van der Waals surface area contributed by atoms with E-state index in [-0.39, 0.29) is 11.8 Å². The zero-order chi connectivity index (χ0) is 24.8. The Morgan fingerprint density at radius 1 is 0.886 bits per heavy atom. The van der Waals surface area contributed by atoms with Crippen LogP contribution in [0.1, 0.15) is 46.3 Å². The fraction of sp³-hybridized carbons (Fsp3) is 0.517. The highest BCUT2D eigenvalue weighted by Gasteiger charge is 2.25. The Balaban J connectivity index is 1.12. The number of likely N-dealkylation sites (tertiary alicyclic amines) is 1. The lowest BCUT2D eigenvalue weighted by Gasteiger charge is -2.37. The Labute approximate surface area is 210 Å². The Morgan fingerprint density at radius 3 is 2.26 bits per heavy atom. The van der Waals surface area contributed by atoms with E-state index in [1.165, 1.54) is 16.8 Å². The largest absolute Gasteiger partial charge is 0.369 e. The predicted molar refractivity (Wildman–Crippen MR) is 142 cm³/mol. The van der Waals surface area contributed by atoms with Gasteiger partial charge in [0.05, 0.1) is 0 Å². The van der Waals surface area contributed by atoms with Crippen LogP contribution in [0.3, 0.4) is 0 Å². The Kier molecular flexibility index (Phi) is 8.45. The van der Waals surface area contributed by atoms with Gasteiger partial charge in [0.1, 0.15) is 0 Å². The molecule has 2 saturated heterocycles. The van der Waals surface area contributed by atoms with Crippen LogP contribution in [0.5, 0.6) is 0 Å². The SMILES string of the molecule is Cc1ccc(C(=O)N2CCC(CC(=O)NCCN3CCN(c4cccc(C)c4C)CC3)CC2)cc1. The summed E-state index contributed by atoms with van der Waals surface area (Å²) < 4.78 is 0. The third-order valence-electron chi connectivity index (χ3n) is 7.71. The van der Waals surface area contributed by atoms with E-state index < -0.39 is 0 Å². The number of hydrogen-bond donors (Lipinski definition) is 1. The van der Waals surface area contributed by atoms with Crippen molar-refractivity contribution in [3.8, 4) is 0 Å². The van der Waals surface area contributed by atoms with Crippen LogP contribution in [0.15, 0.2) is 42.5 Å². The lowest BCUT2D eigenvalue weighted by molar-refractivity contribution is -0.122. The van der Waals surface area contributed by atoms with Crippen LogP contribution in [0, 0.1) is 26.7 Å². The summed E-state index contributed by atoms with van der Waals surface area (Å²) in [6, 6.07) is 14.3. The average Bonchev–Trinajstić information content (AvgIpc) is 2.87. The molecule has 0 unspecified atom stereocenters. The van der Waals surface area contributed by atoms with E-state index in [4.69, 9.17) is 0 Å². The Morgan fingerprint density at radius 2 is 1.57 bits per heavy atom. The molecule has 2 amide bonds. The van der Waals surface area contributed by atoms with E-state index in [1.807, 2.05) is 36.1 Å². The molecule has 2 fully saturated rings. The molecule has 0 aliphatic carbocycles. The van der Waals surface area contributed by atoms with Gasteiger partial charge in [-0.2, -0.15) is 0 Å². The first-order valence-electron chi connectivity index (χ1n) is 13.1. The van der Waals surface area contributed by atoms with E-state index >= 15 is 0 Å². The fourth-order valence-electron chi connectivity index (χ4n) is 5.20. The van der Waals surface area contributed by atoms with Gasteiger partial charge in [0.25, 0.3) is 5.91 Å². The summed E-state index contributed by atoms with van der Waals surface area (Å²) in [5.41, 5.74) is 5.98. The molecule has 6 heteroatoms. The normalized spacial score (nSPS) is 17.5. The maximum Gasteiger partial charge on any atom is 0.253 e. The maximum atomic E-state index is 12.7. The summed E-state index contributed by atoms with van der Waals surface area (Å²) in [6.45, 7) is 13.6. The Bertz CT molecular complexity index is 1000. The zero-order valence-corrected chi connectivity index (χ0v) is 21.6. The minimum Gasteiger partial charge on any atom is -0.369 e. The van der Waals surface area contributed by atoms with Crippen molar-refractivity contribution in [2.24, 2.45) is 5.92 Å². The van der Waals surface area contributed by atoms with Gasteiger partial charge in [0, 0.05) is 70.0 Å². The molecule has 2 aliphatic heterocycles. The van der Waals surface area contributed by atoms with Gasteiger partial charge in [-0.25, -0.2) is 0 Å². The molecule has 1 N–H and O–H groups in total. The van der Waals surface area contributed by atoms with Crippen molar-refractivity contribution in [3.63, 3.8) is 0 Å². The standard InChI is InChI=1S/C29H40N4O2/c1-22-7-9-26(10-8-22)29(35)33-14-11-25(12-15-33)21-28(34)30-13-16-31-17-19-32(20-18-31)27-6-4-5-23(2)24(27)3/h4-10,25H,11-21H2,1-3H3,(H,30,34). The first-order valence-corrected chi connectivity index (χ1v) is 13.1. The second-order valence-corrected chi connectivity index (χ2v) is 10.2. The average molecular weight is 477 g/mol. The predicted octanol–water partition coefficient (Wildman–Crippen LogP) is 3.79. The molecule has 0 atom stereocenters. The summed E-state index contributed by atoms with van der Waals surface area (Å²) in [4.78, 5) is 32.1. The lowest BCUT2D eigenvalue weighted by Crippen LogP contribution is -2.48. The van der Waals surface area contributed by atoms with Gasteiger partial charge in [-0.3, -0.25) is 14.5 Å². The van der Waals surface area contributed by atoms with Crippen molar-refractivity contribution in [1.29, 1.82) is 0 Å². The summed E-state index contributed by atoms with van der Waals surface area (Å²) >= 11 is 0. The third-order valence-corrected chi connectivity index (χ3v) is 7.71. The van der Waals surface area contributed by atoms with Gasteiger partial charge in [-0.1, -0.05) is 29.8 Å². The summed E-state index contributed by atoms with van der Waals surface area (Å²) in [5, 5.41) is 3.13. The van der Waals surface area contributed by atoms with Crippen molar-refractivity contribution >= 4 is 17.5 Å². The number of hydrogen-bond acceptors (Lipinski definition) is 4. The molecule has 2 heterocycles. The molecular weight excluding hydrogens is 436 g/mol. The van der Waals surface area contributed by atoms with Crippen molar-refractivity contribution in [2.75, 3.05) is 57.3 Å². The van der Waals surface area contributed by atoms with Crippen LogP contribution < -0.4 is 10.2 Å². The number of piperazine rings is 1. The van der Waals surface area contributed by atoms with Gasteiger partial charge < -0.3 is 15.1 Å². The molecule has 2 aliphatic rings. The maximum absolute atomic E-state index is 12.7. The van der Waals surface area contributed by atoms with Gasteiger partial charge in [0.15, 0.2) is 0 Å².